The number of sulfonamides is 1. The number of rotatable bonds is 6. The third-order valence-corrected chi connectivity index (χ3v) is 8.37. The number of thiazole rings is 1. The molecule has 162 valence electrons. The molecule has 0 unspecified atom stereocenters. The first-order chi connectivity index (χ1) is 14.9. The third-order valence-electron chi connectivity index (χ3n) is 5.20. The predicted molar refractivity (Wildman–Crippen MR) is 121 cm³/mol. The lowest BCUT2D eigenvalue weighted by Gasteiger charge is -2.30. The minimum absolute atomic E-state index is 0.128. The maximum atomic E-state index is 12.7. The number of hydrogen-bond acceptors (Lipinski definition) is 6. The summed E-state index contributed by atoms with van der Waals surface area (Å²) in [7, 11) is -3.58. The topological polar surface area (TPSA) is 92.3 Å². The first-order valence-corrected chi connectivity index (χ1v) is 12.5. The second-order valence-electron chi connectivity index (χ2n) is 7.26. The van der Waals surface area contributed by atoms with Gasteiger partial charge in [-0.1, -0.05) is 29.8 Å². The maximum absolute atomic E-state index is 12.7. The van der Waals surface area contributed by atoms with Crippen LogP contribution >= 0.6 is 22.9 Å². The van der Waals surface area contributed by atoms with Gasteiger partial charge in [0.05, 0.1) is 0 Å². The first-order valence-electron chi connectivity index (χ1n) is 9.82. The molecule has 1 aliphatic rings. The van der Waals surface area contributed by atoms with Crippen molar-refractivity contribution in [1.82, 2.24) is 14.3 Å². The van der Waals surface area contributed by atoms with Crippen LogP contribution in [0.5, 0.6) is 0 Å². The first kappa shape index (κ1) is 21.9. The molecule has 1 aliphatic heterocycles. The van der Waals surface area contributed by atoms with Gasteiger partial charge < -0.3 is 5.32 Å². The van der Waals surface area contributed by atoms with Gasteiger partial charge in [0.25, 0.3) is 0 Å². The number of nitrogens with zero attached hydrogens (tertiary/aromatic N) is 3. The van der Waals surface area contributed by atoms with Crippen LogP contribution in [-0.4, -0.2) is 41.7 Å². The fourth-order valence-electron chi connectivity index (χ4n) is 3.49. The SMILES string of the molecule is O=C(Nc1ncc(Cc2ccccc2Cl)s1)C1CCN(S(=O)(=O)c2cccnc2)CC1. The van der Waals surface area contributed by atoms with E-state index in [1.807, 2.05) is 24.3 Å². The molecule has 0 aliphatic carbocycles. The number of amides is 1. The molecule has 0 bridgehead atoms. The molecule has 1 aromatic carbocycles. The second-order valence-corrected chi connectivity index (χ2v) is 10.7. The molecule has 1 fully saturated rings. The van der Waals surface area contributed by atoms with Crippen LogP contribution < -0.4 is 5.32 Å². The van der Waals surface area contributed by atoms with Crippen LogP contribution in [0.15, 0.2) is 59.9 Å². The van der Waals surface area contributed by atoms with Crippen LogP contribution in [0, 0.1) is 5.92 Å². The molecule has 0 spiro atoms. The second kappa shape index (κ2) is 9.44. The van der Waals surface area contributed by atoms with Crippen molar-refractivity contribution in [1.29, 1.82) is 0 Å². The van der Waals surface area contributed by atoms with E-state index in [2.05, 4.69) is 15.3 Å². The molecule has 0 saturated carbocycles. The average molecular weight is 477 g/mol. The zero-order valence-corrected chi connectivity index (χ0v) is 19.0. The van der Waals surface area contributed by atoms with Gasteiger partial charge in [0.15, 0.2) is 5.13 Å². The number of aromatic nitrogens is 2. The number of pyridine rings is 1. The highest BCUT2D eigenvalue weighted by molar-refractivity contribution is 7.89. The van der Waals surface area contributed by atoms with E-state index in [1.165, 1.54) is 34.1 Å². The molecule has 1 N–H and O–H groups in total. The minimum Gasteiger partial charge on any atom is -0.302 e. The standard InChI is InChI=1S/C21H21ClN4O3S2/c22-19-6-2-1-4-16(19)12-17-13-24-21(30-17)25-20(27)15-7-10-26(11-8-15)31(28,29)18-5-3-9-23-14-18/h1-6,9,13-15H,7-8,10-12H2,(H,24,25,27). The smallest absolute Gasteiger partial charge is 0.244 e. The quantitative estimate of drug-likeness (QED) is 0.583. The van der Waals surface area contributed by atoms with E-state index in [1.54, 1.807) is 12.3 Å². The fraction of sp³-hybridized carbons (Fsp3) is 0.286. The molecule has 7 nitrogen and oxygen atoms in total. The predicted octanol–water partition coefficient (Wildman–Crippen LogP) is 3.82. The van der Waals surface area contributed by atoms with Crippen LogP contribution in [0.4, 0.5) is 5.13 Å². The summed E-state index contributed by atoms with van der Waals surface area (Å²) < 4.78 is 26.8. The molecule has 1 amide bonds. The monoisotopic (exact) mass is 476 g/mol. The van der Waals surface area contributed by atoms with Gasteiger partial charge in [-0.2, -0.15) is 4.31 Å². The molecule has 1 saturated heterocycles. The van der Waals surface area contributed by atoms with Crippen molar-refractivity contribution < 1.29 is 13.2 Å². The summed E-state index contributed by atoms with van der Waals surface area (Å²) in [5.41, 5.74) is 1.01. The fourth-order valence-corrected chi connectivity index (χ4v) is 5.97. The zero-order chi connectivity index (χ0) is 21.8. The van der Waals surface area contributed by atoms with Crippen LogP contribution in [-0.2, 0) is 21.2 Å². The van der Waals surface area contributed by atoms with E-state index in [-0.39, 0.29) is 16.7 Å². The number of piperidine rings is 1. The van der Waals surface area contributed by atoms with Crippen LogP contribution in [0.25, 0.3) is 0 Å². The molecule has 3 aromatic rings. The largest absolute Gasteiger partial charge is 0.302 e. The van der Waals surface area contributed by atoms with Crippen molar-refractivity contribution in [3.63, 3.8) is 0 Å². The number of carbonyl (C=O) groups excluding carboxylic acids is 1. The molecular formula is C21H21ClN4O3S2. The molecule has 3 heterocycles. The van der Waals surface area contributed by atoms with Crippen LogP contribution in [0.1, 0.15) is 23.3 Å². The van der Waals surface area contributed by atoms with Gasteiger partial charge in [-0.15, -0.1) is 11.3 Å². The van der Waals surface area contributed by atoms with Crippen molar-refractivity contribution in [2.24, 2.45) is 5.92 Å². The Morgan fingerprint density at radius 3 is 2.65 bits per heavy atom. The van der Waals surface area contributed by atoms with Gasteiger partial charge >= 0.3 is 0 Å². The van der Waals surface area contributed by atoms with Gasteiger partial charge in [0, 0.05) is 53.9 Å². The Bertz CT molecular complexity index is 1160. The molecule has 10 heteroatoms. The number of nitrogens with one attached hydrogen (secondary N) is 1. The van der Waals surface area contributed by atoms with Crippen molar-refractivity contribution in [3.8, 4) is 0 Å². The Balaban J connectivity index is 1.33. The Hall–Kier alpha value is -2.33. The summed E-state index contributed by atoms with van der Waals surface area (Å²) in [6.45, 7) is 0.593. The highest BCUT2D eigenvalue weighted by Gasteiger charge is 2.32. The number of anilines is 1. The Morgan fingerprint density at radius 2 is 1.94 bits per heavy atom. The van der Waals surface area contributed by atoms with Gasteiger partial charge in [0.1, 0.15) is 4.90 Å². The Labute approximate surface area is 190 Å². The average Bonchev–Trinajstić information content (AvgIpc) is 3.23. The van der Waals surface area contributed by atoms with Gasteiger partial charge in [-0.25, -0.2) is 13.4 Å². The van der Waals surface area contributed by atoms with Crippen molar-refractivity contribution in [2.75, 3.05) is 18.4 Å². The molecule has 0 radical (unpaired) electrons. The van der Waals surface area contributed by atoms with E-state index in [4.69, 9.17) is 11.6 Å². The summed E-state index contributed by atoms with van der Waals surface area (Å²) in [6, 6.07) is 10.8. The summed E-state index contributed by atoms with van der Waals surface area (Å²) in [6.07, 6.45) is 6.20. The molecule has 0 atom stereocenters. The summed E-state index contributed by atoms with van der Waals surface area (Å²) >= 11 is 7.63. The summed E-state index contributed by atoms with van der Waals surface area (Å²) in [5, 5.41) is 4.12. The maximum Gasteiger partial charge on any atom is 0.244 e. The van der Waals surface area contributed by atoms with Crippen LogP contribution in [0.3, 0.4) is 0 Å². The zero-order valence-electron chi connectivity index (χ0n) is 16.6. The van der Waals surface area contributed by atoms with E-state index < -0.39 is 10.0 Å². The lowest BCUT2D eigenvalue weighted by atomic mass is 9.97. The highest BCUT2D eigenvalue weighted by atomic mass is 35.5. The number of halogens is 1. The van der Waals surface area contributed by atoms with Crippen molar-refractivity contribution in [2.45, 2.75) is 24.2 Å². The van der Waals surface area contributed by atoms with E-state index >= 15 is 0 Å². The van der Waals surface area contributed by atoms with Crippen molar-refractivity contribution in [3.05, 3.63) is 70.5 Å². The van der Waals surface area contributed by atoms with Gasteiger partial charge in [-0.05, 0) is 36.6 Å². The lowest BCUT2D eigenvalue weighted by molar-refractivity contribution is -0.120. The Morgan fingerprint density at radius 1 is 1.16 bits per heavy atom. The Kier molecular flexibility index (Phi) is 6.66. The number of carbonyl (C=O) groups is 1. The minimum atomic E-state index is -3.58. The van der Waals surface area contributed by atoms with Crippen molar-refractivity contribution >= 4 is 44.0 Å². The van der Waals surface area contributed by atoms with Crippen LogP contribution in [0.2, 0.25) is 5.02 Å². The number of hydrogen-bond donors (Lipinski definition) is 1. The van der Waals surface area contributed by atoms with E-state index in [0.717, 1.165) is 10.4 Å². The lowest BCUT2D eigenvalue weighted by Crippen LogP contribution is -2.41. The van der Waals surface area contributed by atoms with Gasteiger partial charge in [-0.3, -0.25) is 9.78 Å². The number of benzene rings is 1. The molecule has 31 heavy (non-hydrogen) atoms. The summed E-state index contributed by atoms with van der Waals surface area (Å²) in [5.74, 6) is -0.381. The molecule has 2 aromatic heterocycles. The normalized spacial score (nSPS) is 15.6. The highest BCUT2D eigenvalue weighted by Crippen LogP contribution is 2.27. The van der Waals surface area contributed by atoms with E-state index in [9.17, 15) is 13.2 Å². The van der Waals surface area contributed by atoms with Gasteiger partial charge in [0.2, 0.25) is 15.9 Å². The van der Waals surface area contributed by atoms with E-state index in [0.29, 0.717) is 42.5 Å². The molecular weight excluding hydrogens is 456 g/mol. The third kappa shape index (κ3) is 5.12. The molecule has 4 rings (SSSR count). The summed E-state index contributed by atoms with van der Waals surface area (Å²) in [4.78, 5) is 22.0.